The summed E-state index contributed by atoms with van der Waals surface area (Å²) in [6.45, 7) is 1.11. The van der Waals surface area contributed by atoms with Gasteiger partial charge in [-0.25, -0.2) is 13.8 Å². The first-order chi connectivity index (χ1) is 14.9. The molecule has 0 aliphatic heterocycles. The number of aliphatic hydroxyl groups excluding tert-OH is 2. The Labute approximate surface area is 179 Å². The Morgan fingerprint density at radius 2 is 1.81 bits per heavy atom. The number of aromatic nitrogens is 3. The van der Waals surface area contributed by atoms with Gasteiger partial charge in [0.2, 0.25) is 5.95 Å². The van der Waals surface area contributed by atoms with Crippen LogP contribution >= 0.6 is 11.3 Å². The Kier molecular flexibility index (Phi) is 5.77. The topological polar surface area (TPSA) is 100 Å². The van der Waals surface area contributed by atoms with Crippen LogP contribution in [0.3, 0.4) is 0 Å². The van der Waals surface area contributed by atoms with Crippen molar-refractivity contribution in [3.05, 3.63) is 68.6 Å². The third-order valence-corrected chi connectivity index (χ3v) is 5.65. The summed E-state index contributed by atoms with van der Waals surface area (Å²) in [5, 5.41) is 23.9. The number of benzene rings is 1. The highest BCUT2D eigenvalue weighted by Crippen LogP contribution is 2.33. The number of para-hydroxylation sites is 1. The van der Waals surface area contributed by atoms with Crippen LogP contribution in [0.15, 0.2) is 46.6 Å². The van der Waals surface area contributed by atoms with E-state index < -0.39 is 42.1 Å². The number of nitrogens with one attached hydrogen (secondary N) is 1. The Morgan fingerprint density at radius 1 is 1.10 bits per heavy atom. The SMILES string of the molecule is Cc1sccc1-c1nc(NC(CO)CO)nc2c1ccc(=O)n2-c1c(F)cccc1F. The van der Waals surface area contributed by atoms with E-state index in [0.717, 1.165) is 27.1 Å². The maximum Gasteiger partial charge on any atom is 0.256 e. The molecule has 4 rings (SSSR count). The third-order valence-electron chi connectivity index (χ3n) is 4.80. The minimum atomic E-state index is -0.917. The number of hydrogen-bond donors (Lipinski definition) is 3. The van der Waals surface area contributed by atoms with Crippen LogP contribution in [-0.4, -0.2) is 44.0 Å². The van der Waals surface area contributed by atoms with Gasteiger partial charge >= 0.3 is 0 Å². The fraction of sp³-hybridized carbons (Fsp3) is 0.190. The molecule has 0 saturated carbocycles. The van der Waals surface area contributed by atoms with Crippen molar-refractivity contribution >= 4 is 28.3 Å². The largest absolute Gasteiger partial charge is 0.394 e. The first-order valence-electron chi connectivity index (χ1n) is 9.35. The minimum Gasteiger partial charge on any atom is -0.394 e. The number of thiophene rings is 1. The van der Waals surface area contributed by atoms with Gasteiger partial charge < -0.3 is 15.5 Å². The number of fused-ring (bicyclic) bond motifs is 1. The molecule has 0 unspecified atom stereocenters. The summed E-state index contributed by atoms with van der Waals surface area (Å²) >= 11 is 1.50. The molecular formula is C21H18F2N4O3S. The van der Waals surface area contributed by atoms with Crippen LogP contribution in [0.25, 0.3) is 28.0 Å². The van der Waals surface area contributed by atoms with Crippen LogP contribution in [0.4, 0.5) is 14.7 Å². The lowest BCUT2D eigenvalue weighted by Gasteiger charge is -2.17. The van der Waals surface area contributed by atoms with E-state index in [1.807, 2.05) is 18.4 Å². The number of rotatable bonds is 6. The van der Waals surface area contributed by atoms with Gasteiger partial charge in [-0.1, -0.05) is 6.07 Å². The molecular weight excluding hydrogens is 426 g/mol. The molecule has 0 aliphatic carbocycles. The summed E-state index contributed by atoms with van der Waals surface area (Å²) in [5.74, 6) is -1.84. The van der Waals surface area contributed by atoms with E-state index in [-0.39, 0.29) is 11.6 Å². The molecule has 3 N–H and O–H groups in total. The summed E-state index contributed by atoms with van der Waals surface area (Å²) in [6.07, 6.45) is 0. The van der Waals surface area contributed by atoms with Crippen LogP contribution in [0.1, 0.15) is 4.88 Å². The van der Waals surface area contributed by atoms with E-state index in [4.69, 9.17) is 0 Å². The van der Waals surface area contributed by atoms with Crippen LogP contribution < -0.4 is 10.9 Å². The highest BCUT2D eigenvalue weighted by molar-refractivity contribution is 7.10. The molecule has 7 nitrogen and oxygen atoms in total. The molecule has 0 fully saturated rings. The predicted molar refractivity (Wildman–Crippen MR) is 115 cm³/mol. The molecule has 0 aliphatic rings. The average Bonchev–Trinajstić information content (AvgIpc) is 3.18. The lowest BCUT2D eigenvalue weighted by molar-refractivity contribution is 0.203. The number of aryl methyl sites for hydroxylation is 1. The van der Waals surface area contributed by atoms with Crippen molar-refractivity contribution in [1.29, 1.82) is 0 Å². The monoisotopic (exact) mass is 444 g/mol. The van der Waals surface area contributed by atoms with Crippen molar-refractivity contribution in [2.45, 2.75) is 13.0 Å². The van der Waals surface area contributed by atoms with Crippen LogP contribution in [0.2, 0.25) is 0 Å². The third kappa shape index (κ3) is 3.80. The van der Waals surface area contributed by atoms with Gasteiger partial charge in [0.05, 0.1) is 24.9 Å². The Balaban J connectivity index is 2.09. The molecule has 4 aromatic rings. The lowest BCUT2D eigenvalue weighted by Crippen LogP contribution is -2.29. The molecule has 3 heterocycles. The second kappa shape index (κ2) is 8.50. The van der Waals surface area contributed by atoms with Gasteiger partial charge in [0.25, 0.3) is 5.56 Å². The number of halogens is 2. The van der Waals surface area contributed by atoms with E-state index in [2.05, 4.69) is 15.3 Å². The van der Waals surface area contributed by atoms with Gasteiger partial charge in [-0.3, -0.25) is 9.36 Å². The average molecular weight is 444 g/mol. The molecule has 3 aromatic heterocycles. The van der Waals surface area contributed by atoms with E-state index in [9.17, 15) is 23.8 Å². The molecule has 0 atom stereocenters. The van der Waals surface area contributed by atoms with Crippen LogP contribution in [-0.2, 0) is 0 Å². The molecule has 0 amide bonds. The number of aliphatic hydroxyl groups is 2. The molecule has 0 bridgehead atoms. The zero-order valence-electron chi connectivity index (χ0n) is 16.3. The molecule has 0 saturated heterocycles. The Morgan fingerprint density at radius 3 is 2.42 bits per heavy atom. The van der Waals surface area contributed by atoms with Gasteiger partial charge in [0, 0.05) is 21.9 Å². The summed E-state index contributed by atoms with van der Waals surface area (Å²) in [5.41, 5.74) is -0.00794. The predicted octanol–water partition coefficient (Wildman–Crippen LogP) is 2.86. The van der Waals surface area contributed by atoms with Crippen molar-refractivity contribution in [2.75, 3.05) is 18.5 Å². The lowest BCUT2D eigenvalue weighted by atomic mass is 10.1. The van der Waals surface area contributed by atoms with E-state index in [1.165, 1.54) is 29.5 Å². The first kappa shape index (κ1) is 21.0. The molecule has 160 valence electrons. The van der Waals surface area contributed by atoms with Crippen molar-refractivity contribution in [1.82, 2.24) is 14.5 Å². The second-order valence-corrected chi connectivity index (χ2v) is 7.93. The molecule has 0 spiro atoms. The quantitative estimate of drug-likeness (QED) is 0.423. The molecule has 31 heavy (non-hydrogen) atoms. The maximum atomic E-state index is 14.6. The minimum absolute atomic E-state index is 0.00250. The summed E-state index contributed by atoms with van der Waals surface area (Å²) in [7, 11) is 0. The number of anilines is 1. The summed E-state index contributed by atoms with van der Waals surface area (Å²) in [6, 6.07) is 7.13. The zero-order chi connectivity index (χ0) is 22.1. The maximum absolute atomic E-state index is 14.6. The van der Waals surface area contributed by atoms with E-state index >= 15 is 0 Å². The first-order valence-corrected chi connectivity index (χ1v) is 10.2. The van der Waals surface area contributed by atoms with Crippen molar-refractivity contribution in [3.8, 4) is 16.9 Å². The molecule has 10 heteroatoms. The zero-order valence-corrected chi connectivity index (χ0v) is 17.2. The van der Waals surface area contributed by atoms with Crippen molar-refractivity contribution in [3.63, 3.8) is 0 Å². The fourth-order valence-corrected chi connectivity index (χ4v) is 3.97. The molecule has 1 aromatic carbocycles. The van der Waals surface area contributed by atoms with Crippen LogP contribution in [0.5, 0.6) is 0 Å². The van der Waals surface area contributed by atoms with E-state index in [1.54, 1.807) is 0 Å². The number of nitrogens with zero attached hydrogens (tertiary/aromatic N) is 3. The van der Waals surface area contributed by atoms with Crippen LogP contribution in [0, 0.1) is 18.6 Å². The number of hydrogen-bond acceptors (Lipinski definition) is 7. The van der Waals surface area contributed by atoms with Gasteiger partial charge in [-0.05, 0) is 36.6 Å². The normalized spacial score (nSPS) is 11.4. The van der Waals surface area contributed by atoms with Gasteiger partial charge in [-0.2, -0.15) is 4.98 Å². The van der Waals surface area contributed by atoms with Crippen molar-refractivity contribution < 1.29 is 19.0 Å². The smallest absolute Gasteiger partial charge is 0.256 e. The fourth-order valence-electron chi connectivity index (χ4n) is 3.27. The second-order valence-electron chi connectivity index (χ2n) is 6.81. The van der Waals surface area contributed by atoms with Gasteiger partial charge in [0.1, 0.15) is 17.3 Å². The summed E-state index contributed by atoms with van der Waals surface area (Å²) < 4.78 is 30.0. The molecule has 0 radical (unpaired) electrons. The van der Waals surface area contributed by atoms with Crippen molar-refractivity contribution in [2.24, 2.45) is 0 Å². The Bertz CT molecular complexity index is 1300. The van der Waals surface area contributed by atoms with Gasteiger partial charge in [-0.15, -0.1) is 11.3 Å². The van der Waals surface area contributed by atoms with Gasteiger partial charge in [0.15, 0.2) is 5.65 Å². The highest BCUT2D eigenvalue weighted by atomic mass is 32.1. The highest BCUT2D eigenvalue weighted by Gasteiger charge is 2.21. The number of pyridine rings is 1. The standard InChI is InChI=1S/C21H18F2N4O3S/c1-11-13(7-8-31-11)18-14-5-6-17(30)27(19-15(22)3-2-4-16(19)23)20(14)26-21(25-18)24-12(9-28)10-29/h2-8,12,28-29H,9-10H2,1H3,(H,24,25,26). The van der Waals surface area contributed by atoms with E-state index in [0.29, 0.717) is 11.1 Å². The summed E-state index contributed by atoms with van der Waals surface area (Å²) in [4.78, 5) is 22.5. The Hall–Kier alpha value is -3.21.